The Kier molecular flexibility index (Phi) is 4.06. The third-order valence-corrected chi connectivity index (χ3v) is 8.15. The van der Waals surface area contributed by atoms with Gasteiger partial charge in [0, 0.05) is 38.0 Å². The van der Waals surface area contributed by atoms with E-state index in [4.69, 9.17) is 7.85 Å². The molecule has 8 rings (SSSR count). The highest BCUT2D eigenvalue weighted by Crippen LogP contribution is 2.44. The molecule has 37 heavy (non-hydrogen) atoms. The molecule has 0 spiro atoms. The third kappa shape index (κ3) is 2.61. The van der Waals surface area contributed by atoms with Crippen molar-refractivity contribution in [1.29, 1.82) is 0 Å². The van der Waals surface area contributed by atoms with Crippen molar-refractivity contribution in [3.05, 3.63) is 114 Å². The SMILES string of the molecule is [B]/C(C)=C(/C)c1cccc(-n2c3ccccc3c3c4c5cccc6c7ccccc7n(c4ccc32)c65)c1. The predicted molar refractivity (Wildman–Crippen MR) is 159 cm³/mol. The van der Waals surface area contributed by atoms with Crippen LogP contribution < -0.4 is 0 Å². The first-order chi connectivity index (χ1) is 18.1. The van der Waals surface area contributed by atoms with Crippen LogP contribution in [0.1, 0.15) is 19.4 Å². The van der Waals surface area contributed by atoms with E-state index in [9.17, 15) is 0 Å². The van der Waals surface area contributed by atoms with Crippen molar-refractivity contribution in [2.75, 3.05) is 0 Å². The summed E-state index contributed by atoms with van der Waals surface area (Å²) in [4.78, 5) is 0. The van der Waals surface area contributed by atoms with Crippen molar-refractivity contribution < 1.29 is 0 Å². The van der Waals surface area contributed by atoms with Gasteiger partial charge in [-0.25, -0.2) is 0 Å². The van der Waals surface area contributed by atoms with Crippen molar-refractivity contribution in [2.24, 2.45) is 0 Å². The molecule has 0 amide bonds. The summed E-state index contributed by atoms with van der Waals surface area (Å²) in [5.41, 5.74) is 10.5. The van der Waals surface area contributed by atoms with Crippen LogP contribution in [-0.2, 0) is 0 Å². The van der Waals surface area contributed by atoms with Crippen LogP contribution in [-0.4, -0.2) is 16.8 Å². The van der Waals surface area contributed by atoms with Gasteiger partial charge in [-0.15, -0.1) is 5.47 Å². The van der Waals surface area contributed by atoms with Crippen molar-refractivity contribution in [3.8, 4) is 5.69 Å². The normalized spacial score (nSPS) is 13.1. The second-order valence-corrected chi connectivity index (χ2v) is 10.1. The lowest BCUT2D eigenvalue weighted by molar-refractivity contribution is 1.18. The number of rotatable bonds is 2. The molecule has 0 aliphatic heterocycles. The lowest BCUT2D eigenvalue weighted by atomic mass is 9.89. The van der Waals surface area contributed by atoms with Crippen LogP contribution in [0.5, 0.6) is 0 Å². The Labute approximate surface area is 215 Å². The van der Waals surface area contributed by atoms with Crippen molar-refractivity contribution >= 4 is 73.3 Å². The molecule has 3 aromatic heterocycles. The molecule has 0 fully saturated rings. The van der Waals surface area contributed by atoms with Gasteiger partial charge >= 0.3 is 0 Å². The number of hydrogen-bond donors (Lipinski definition) is 0. The van der Waals surface area contributed by atoms with Gasteiger partial charge in [-0.1, -0.05) is 79.2 Å². The van der Waals surface area contributed by atoms with E-state index in [2.05, 4.69) is 119 Å². The highest BCUT2D eigenvalue weighted by molar-refractivity contribution is 6.32. The fourth-order valence-corrected chi connectivity index (χ4v) is 6.36. The summed E-state index contributed by atoms with van der Waals surface area (Å²) in [6.07, 6.45) is 0. The van der Waals surface area contributed by atoms with Crippen molar-refractivity contribution in [1.82, 2.24) is 8.97 Å². The van der Waals surface area contributed by atoms with E-state index in [1.807, 2.05) is 6.92 Å². The summed E-state index contributed by atoms with van der Waals surface area (Å²) >= 11 is 0. The first kappa shape index (κ1) is 20.7. The van der Waals surface area contributed by atoms with E-state index in [-0.39, 0.29) is 0 Å². The number of allylic oxidation sites excluding steroid dienone is 2. The summed E-state index contributed by atoms with van der Waals surface area (Å²) in [5, 5.41) is 7.83. The van der Waals surface area contributed by atoms with Gasteiger partial charge in [-0.05, 0) is 48.9 Å². The van der Waals surface area contributed by atoms with E-state index in [0.717, 1.165) is 22.3 Å². The zero-order valence-corrected chi connectivity index (χ0v) is 20.8. The quantitative estimate of drug-likeness (QED) is 0.223. The average Bonchev–Trinajstić information content (AvgIpc) is 3.57. The van der Waals surface area contributed by atoms with Crippen LogP contribution in [0.25, 0.3) is 71.2 Å². The molecule has 2 radical (unpaired) electrons. The van der Waals surface area contributed by atoms with Crippen LogP contribution in [0.4, 0.5) is 0 Å². The summed E-state index contributed by atoms with van der Waals surface area (Å²) in [6.45, 7) is 4.05. The van der Waals surface area contributed by atoms with E-state index >= 15 is 0 Å². The fraction of sp³-hybridized carbons (Fsp3) is 0.0588. The number of aromatic nitrogens is 2. The molecule has 0 saturated carbocycles. The summed E-state index contributed by atoms with van der Waals surface area (Å²) in [5.74, 6) is 0. The zero-order valence-electron chi connectivity index (χ0n) is 20.8. The minimum absolute atomic E-state index is 0.847. The fourth-order valence-electron chi connectivity index (χ4n) is 6.36. The number of hydrogen-bond acceptors (Lipinski definition) is 0. The predicted octanol–water partition coefficient (Wildman–Crippen LogP) is 8.85. The zero-order chi connectivity index (χ0) is 24.8. The van der Waals surface area contributed by atoms with Gasteiger partial charge in [0.05, 0.1) is 27.6 Å². The highest BCUT2D eigenvalue weighted by Gasteiger charge is 2.22. The Morgan fingerprint density at radius 2 is 1.22 bits per heavy atom. The molecular weight excluding hydrogens is 447 g/mol. The summed E-state index contributed by atoms with van der Waals surface area (Å²) < 4.78 is 4.86. The molecule has 2 nitrogen and oxygen atoms in total. The molecule has 0 bridgehead atoms. The van der Waals surface area contributed by atoms with Crippen LogP contribution in [0.3, 0.4) is 0 Å². The first-order valence-electron chi connectivity index (χ1n) is 12.8. The maximum absolute atomic E-state index is 6.16. The molecule has 172 valence electrons. The summed E-state index contributed by atoms with van der Waals surface area (Å²) in [6, 6.07) is 37.6. The third-order valence-electron chi connectivity index (χ3n) is 8.15. The Bertz CT molecular complexity index is 2220. The lowest BCUT2D eigenvalue weighted by Crippen LogP contribution is -1.95. The Morgan fingerprint density at radius 1 is 0.568 bits per heavy atom. The molecule has 3 heteroatoms. The van der Waals surface area contributed by atoms with Gasteiger partial charge in [0.15, 0.2) is 0 Å². The Hall–Kier alpha value is -4.50. The van der Waals surface area contributed by atoms with E-state index < -0.39 is 0 Å². The largest absolute Gasteiger partial charge is 0.309 e. The van der Waals surface area contributed by atoms with E-state index in [1.165, 1.54) is 59.9 Å². The average molecular weight is 470 g/mol. The maximum atomic E-state index is 6.16. The van der Waals surface area contributed by atoms with Crippen LogP contribution in [0.2, 0.25) is 0 Å². The minimum Gasteiger partial charge on any atom is -0.309 e. The smallest absolute Gasteiger partial charge is 0.107 e. The number of fused-ring (bicyclic) bond motifs is 10. The summed E-state index contributed by atoms with van der Waals surface area (Å²) in [7, 11) is 6.16. The molecule has 0 aliphatic carbocycles. The van der Waals surface area contributed by atoms with Crippen molar-refractivity contribution in [2.45, 2.75) is 13.8 Å². The van der Waals surface area contributed by atoms with Gasteiger partial charge in [-0.2, -0.15) is 0 Å². The molecule has 0 unspecified atom stereocenters. The van der Waals surface area contributed by atoms with Gasteiger partial charge in [-0.3, -0.25) is 0 Å². The number of benzene rings is 5. The standard InChI is InChI=1S/C34H23BN2/c1-20(21(2)35)22-9-7-10-23(19-22)36-29-16-6-4-12-26(29)32-30(36)17-18-31-33(32)27-14-8-13-25-24-11-3-5-15-28(24)37(31)34(25)27/h3-19H,1-2H3/b21-20-. The molecule has 0 atom stereocenters. The van der Waals surface area contributed by atoms with Crippen LogP contribution >= 0.6 is 0 Å². The van der Waals surface area contributed by atoms with Gasteiger partial charge < -0.3 is 8.97 Å². The van der Waals surface area contributed by atoms with Crippen molar-refractivity contribution in [3.63, 3.8) is 0 Å². The number of para-hydroxylation sites is 3. The Balaban J connectivity index is 1.58. The Morgan fingerprint density at radius 3 is 2.05 bits per heavy atom. The molecule has 3 heterocycles. The second kappa shape index (κ2) is 7.27. The van der Waals surface area contributed by atoms with Gasteiger partial charge in [0.1, 0.15) is 7.85 Å². The van der Waals surface area contributed by atoms with E-state index in [0.29, 0.717) is 0 Å². The first-order valence-corrected chi connectivity index (χ1v) is 12.8. The molecule has 0 aliphatic rings. The topological polar surface area (TPSA) is 9.34 Å². The molecule has 0 saturated heterocycles. The monoisotopic (exact) mass is 470 g/mol. The minimum atomic E-state index is 0.847. The highest BCUT2D eigenvalue weighted by atomic mass is 15.0. The van der Waals surface area contributed by atoms with Crippen LogP contribution in [0.15, 0.2) is 109 Å². The lowest BCUT2D eigenvalue weighted by Gasteiger charge is -2.11. The van der Waals surface area contributed by atoms with Crippen LogP contribution in [0, 0.1) is 0 Å². The molecule has 0 N–H and O–H groups in total. The molecule has 8 aromatic rings. The molecular formula is C34H23BN2. The maximum Gasteiger partial charge on any atom is 0.107 e. The second-order valence-electron chi connectivity index (χ2n) is 10.1. The van der Waals surface area contributed by atoms with Gasteiger partial charge in [0.25, 0.3) is 0 Å². The van der Waals surface area contributed by atoms with Gasteiger partial charge in [0.2, 0.25) is 0 Å². The van der Waals surface area contributed by atoms with E-state index in [1.54, 1.807) is 0 Å². The molecule has 5 aromatic carbocycles. The number of nitrogens with zero attached hydrogens (tertiary/aromatic N) is 2.